The van der Waals surface area contributed by atoms with Crippen LogP contribution in [0.1, 0.15) is 24.5 Å². The molecule has 0 saturated heterocycles. The van der Waals surface area contributed by atoms with Gasteiger partial charge in [-0.15, -0.1) is 0 Å². The molecule has 0 aromatic heterocycles. The van der Waals surface area contributed by atoms with E-state index < -0.39 is 0 Å². The number of hydrogen-bond acceptors (Lipinski definition) is 4. The average Bonchev–Trinajstić information content (AvgIpc) is 2.60. The van der Waals surface area contributed by atoms with E-state index in [0.29, 0.717) is 10.2 Å². The van der Waals surface area contributed by atoms with Gasteiger partial charge in [0.15, 0.2) is 5.17 Å². The van der Waals surface area contributed by atoms with Crippen molar-refractivity contribution in [2.45, 2.75) is 18.9 Å². The monoisotopic (exact) mass is 385 g/mol. The molecule has 2 aromatic carbocycles. The number of benzene rings is 2. The number of thiocarbonyl (C=S) groups is 1. The highest BCUT2D eigenvalue weighted by Crippen LogP contribution is 2.35. The van der Waals surface area contributed by atoms with Crippen LogP contribution < -0.4 is 11.1 Å². The third-order valence-electron chi connectivity index (χ3n) is 4.22. The van der Waals surface area contributed by atoms with Crippen LogP contribution in [0.5, 0.6) is 0 Å². The van der Waals surface area contributed by atoms with Crippen LogP contribution in [-0.4, -0.2) is 15.9 Å². The Kier molecular flexibility index (Phi) is 5.74. The molecule has 2 aromatic rings. The summed E-state index contributed by atoms with van der Waals surface area (Å²) >= 11 is 6.96. The molecule has 1 heterocycles. The summed E-state index contributed by atoms with van der Waals surface area (Å²) in [6, 6.07) is 14.4. The van der Waals surface area contributed by atoms with Crippen molar-refractivity contribution in [2.75, 3.05) is 11.1 Å². The molecular formula is C20H20FN3S2. The number of anilines is 1. The molecule has 3 N–H and O–H groups in total. The van der Waals surface area contributed by atoms with Gasteiger partial charge in [0.05, 0.1) is 5.54 Å². The van der Waals surface area contributed by atoms with E-state index in [0.717, 1.165) is 29.0 Å². The lowest BCUT2D eigenvalue weighted by Gasteiger charge is -2.30. The van der Waals surface area contributed by atoms with Crippen molar-refractivity contribution in [3.8, 4) is 0 Å². The first kappa shape index (κ1) is 18.6. The summed E-state index contributed by atoms with van der Waals surface area (Å²) in [5, 5.41) is 3.83. The van der Waals surface area contributed by atoms with Crippen LogP contribution >= 0.6 is 24.0 Å². The summed E-state index contributed by atoms with van der Waals surface area (Å²) in [5.74, 6) is 0.690. The number of halogens is 1. The number of amidine groups is 1. The van der Waals surface area contributed by atoms with Crippen LogP contribution in [0.4, 0.5) is 10.1 Å². The largest absolute Gasteiger partial charge is 0.379 e. The molecule has 0 aliphatic carbocycles. The van der Waals surface area contributed by atoms with Crippen molar-refractivity contribution in [1.29, 1.82) is 0 Å². The van der Waals surface area contributed by atoms with Gasteiger partial charge in [-0.2, -0.15) is 0 Å². The third kappa shape index (κ3) is 4.71. The second kappa shape index (κ2) is 8.01. The fraction of sp³-hybridized carbons (Fsp3) is 0.200. The van der Waals surface area contributed by atoms with Crippen LogP contribution in [-0.2, 0) is 5.54 Å². The van der Waals surface area contributed by atoms with Crippen LogP contribution in [0.3, 0.4) is 0 Å². The lowest BCUT2D eigenvalue weighted by Crippen LogP contribution is -2.28. The van der Waals surface area contributed by atoms with Gasteiger partial charge >= 0.3 is 0 Å². The maximum Gasteiger partial charge on any atom is 0.154 e. The summed E-state index contributed by atoms with van der Waals surface area (Å²) < 4.78 is 13.2. The van der Waals surface area contributed by atoms with E-state index in [1.165, 1.54) is 12.1 Å². The van der Waals surface area contributed by atoms with Gasteiger partial charge in [-0.25, -0.2) is 4.39 Å². The summed E-state index contributed by atoms with van der Waals surface area (Å²) in [6.45, 7) is 2.10. The van der Waals surface area contributed by atoms with Gasteiger partial charge in [-0.3, -0.25) is 4.99 Å². The van der Waals surface area contributed by atoms with E-state index in [1.807, 2.05) is 18.2 Å². The topological polar surface area (TPSA) is 50.4 Å². The third-order valence-corrected chi connectivity index (χ3v) is 5.26. The fourth-order valence-corrected chi connectivity index (χ4v) is 3.95. The van der Waals surface area contributed by atoms with Gasteiger partial charge in [-0.05, 0) is 54.8 Å². The quantitative estimate of drug-likeness (QED) is 0.578. The Labute approximate surface area is 162 Å². The van der Waals surface area contributed by atoms with Crippen LogP contribution in [0.15, 0.2) is 59.6 Å². The maximum atomic E-state index is 13.2. The van der Waals surface area contributed by atoms with Crippen LogP contribution in [0, 0.1) is 5.82 Å². The first-order chi connectivity index (χ1) is 12.4. The minimum atomic E-state index is -0.313. The molecule has 6 heteroatoms. The molecule has 0 saturated carbocycles. The summed E-state index contributed by atoms with van der Waals surface area (Å²) in [4.78, 5) is 5.19. The van der Waals surface area contributed by atoms with Gasteiger partial charge in [0.25, 0.3) is 0 Å². The van der Waals surface area contributed by atoms with Crippen molar-refractivity contribution < 1.29 is 4.39 Å². The Balaban J connectivity index is 1.72. The average molecular weight is 386 g/mol. The predicted molar refractivity (Wildman–Crippen MR) is 114 cm³/mol. The van der Waals surface area contributed by atoms with E-state index in [1.54, 1.807) is 30.0 Å². The van der Waals surface area contributed by atoms with Crippen molar-refractivity contribution in [3.63, 3.8) is 0 Å². The number of nitrogens with two attached hydrogens (primary N) is 1. The highest BCUT2D eigenvalue weighted by molar-refractivity contribution is 8.13. The van der Waals surface area contributed by atoms with Gasteiger partial charge in [-0.1, -0.05) is 54.3 Å². The van der Waals surface area contributed by atoms with Gasteiger partial charge in [0, 0.05) is 11.4 Å². The zero-order chi connectivity index (χ0) is 18.6. The summed E-state index contributed by atoms with van der Waals surface area (Å²) in [6.07, 6.45) is 4.48. The highest BCUT2D eigenvalue weighted by Gasteiger charge is 2.29. The second-order valence-electron chi connectivity index (χ2n) is 6.28. The molecule has 0 spiro atoms. The number of hydrogen-bond donors (Lipinski definition) is 2. The van der Waals surface area contributed by atoms with E-state index in [9.17, 15) is 4.39 Å². The number of nitrogens with zero attached hydrogens (tertiary/aromatic N) is 1. The van der Waals surface area contributed by atoms with E-state index >= 15 is 0 Å². The fourth-order valence-electron chi connectivity index (χ4n) is 2.79. The molecule has 3 rings (SSSR count). The molecule has 26 heavy (non-hydrogen) atoms. The summed E-state index contributed by atoms with van der Waals surface area (Å²) in [7, 11) is 0. The van der Waals surface area contributed by atoms with Crippen LogP contribution in [0.25, 0.3) is 6.08 Å². The van der Waals surface area contributed by atoms with Crippen LogP contribution in [0.2, 0.25) is 0 Å². The molecule has 1 aliphatic heterocycles. The molecule has 1 unspecified atom stereocenters. The SMILES string of the molecule is CC1(c2cccc(NC(=S)/C=C/c3cccc(F)c3)c2)CCSC(N)=N1. The predicted octanol–water partition coefficient (Wildman–Crippen LogP) is 4.95. The first-order valence-corrected chi connectivity index (χ1v) is 9.67. The van der Waals surface area contributed by atoms with E-state index in [-0.39, 0.29) is 11.4 Å². The number of rotatable bonds is 4. The van der Waals surface area contributed by atoms with Crippen molar-refractivity contribution in [3.05, 3.63) is 71.6 Å². The molecule has 0 bridgehead atoms. The van der Waals surface area contributed by atoms with Gasteiger partial charge in [0.1, 0.15) is 10.8 Å². The molecule has 0 fully saturated rings. The number of nitrogens with one attached hydrogen (secondary N) is 1. The highest BCUT2D eigenvalue weighted by atomic mass is 32.2. The molecule has 3 nitrogen and oxygen atoms in total. The molecule has 0 radical (unpaired) electrons. The molecule has 1 aliphatic rings. The Morgan fingerprint density at radius 3 is 2.88 bits per heavy atom. The molecule has 0 amide bonds. The maximum absolute atomic E-state index is 13.2. The zero-order valence-electron chi connectivity index (χ0n) is 14.4. The number of aliphatic imine (C=N–C) groups is 1. The van der Waals surface area contributed by atoms with Gasteiger partial charge in [0.2, 0.25) is 0 Å². The van der Waals surface area contributed by atoms with Crippen molar-refractivity contribution in [1.82, 2.24) is 0 Å². The minimum Gasteiger partial charge on any atom is -0.379 e. The normalized spacial score (nSPS) is 20.0. The lowest BCUT2D eigenvalue weighted by molar-refractivity contribution is 0.482. The molecular weight excluding hydrogens is 365 g/mol. The van der Waals surface area contributed by atoms with E-state index in [4.69, 9.17) is 18.0 Å². The minimum absolute atomic E-state index is 0.266. The lowest BCUT2D eigenvalue weighted by atomic mass is 9.89. The summed E-state index contributed by atoms with van der Waals surface area (Å²) in [5.41, 5.74) is 8.36. The smallest absolute Gasteiger partial charge is 0.154 e. The van der Waals surface area contributed by atoms with E-state index in [2.05, 4.69) is 29.4 Å². The standard InChI is InChI=1S/C20H20FN3S2/c1-20(10-11-26-19(22)24-20)15-5-3-7-17(13-15)23-18(25)9-8-14-4-2-6-16(21)12-14/h2-9,12-13H,10-11H2,1H3,(H2,22,24)(H,23,25)/b9-8+. The Bertz CT molecular complexity index is 879. The molecule has 134 valence electrons. The Morgan fingerprint density at radius 2 is 2.12 bits per heavy atom. The van der Waals surface area contributed by atoms with Crippen molar-refractivity contribution >= 4 is 45.9 Å². The van der Waals surface area contributed by atoms with Crippen molar-refractivity contribution in [2.24, 2.45) is 10.7 Å². The zero-order valence-corrected chi connectivity index (χ0v) is 16.0. The number of thioether (sulfide) groups is 1. The molecule has 1 atom stereocenters. The Hall–Kier alpha value is -2.18. The second-order valence-corrected chi connectivity index (χ2v) is 7.84. The van der Waals surface area contributed by atoms with Gasteiger partial charge < -0.3 is 11.1 Å². The first-order valence-electron chi connectivity index (χ1n) is 8.28. The Morgan fingerprint density at radius 1 is 1.31 bits per heavy atom.